The fourth-order valence-electron chi connectivity index (χ4n) is 3.07. The number of carbonyl (C=O) groups is 2. The Morgan fingerprint density at radius 3 is 2.42 bits per heavy atom. The first-order valence-corrected chi connectivity index (χ1v) is 11.7. The number of nitrogens with zero attached hydrogens (tertiary/aromatic N) is 3. The van der Waals surface area contributed by atoms with Crippen LogP contribution in [0.25, 0.3) is 0 Å². The molecule has 3 rings (SSSR count). The van der Waals surface area contributed by atoms with Crippen LogP contribution in [0.15, 0.2) is 29.2 Å². The van der Waals surface area contributed by atoms with E-state index in [-0.39, 0.29) is 48.1 Å². The zero-order valence-electron chi connectivity index (χ0n) is 16.5. The molecule has 1 saturated heterocycles. The first kappa shape index (κ1) is 23.2. The maximum atomic E-state index is 12.8. The highest BCUT2D eigenvalue weighted by Crippen LogP contribution is 2.28. The van der Waals surface area contributed by atoms with Crippen LogP contribution >= 0.6 is 11.3 Å². The van der Waals surface area contributed by atoms with E-state index in [1.807, 2.05) is 0 Å². The molecule has 0 saturated carbocycles. The van der Waals surface area contributed by atoms with Crippen LogP contribution in [0.4, 0.5) is 13.9 Å². The third kappa shape index (κ3) is 5.40. The van der Waals surface area contributed by atoms with Gasteiger partial charge in [0.25, 0.3) is 6.43 Å². The number of carbonyl (C=O) groups excluding carboxylic acids is 2. The molecule has 13 heteroatoms. The number of hydrogen-bond acceptors (Lipinski definition) is 8. The van der Waals surface area contributed by atoms with Crippen LogP contribution in [-0.4, -0.2) is 54.5 Å². The van der Waals surface area contributed by atoms with Gasteiger partial charge in [-0.05, 0) is 44.0 Å². The molecule has 0 spiro atoms. The predicted molar refractivity (Wildman–Crippen MR) is 107 cm³/mol. The second-order valence-electron chi connectivity index (χ2n) is 6.66. The molecule has 0 atom stereocenters. The van der Waals surface area contributed by atoms with Gasteiger partial charge in [-0.1, -0.05) is 11.3 Å². The van der Waals surface area contributed by atoms with Crippen LogP contribution in [0.2, 0.25) is 0 Å². The quantitative estimate of drug-likeness (QED) is 0.613. The Hall–Kier alpha value is -2.51. The third-order valence-electron chi connectivity index (χ3n) is 4.69. The van der Waals surface area contributed by atoms with Gasteiger partial charge in [-0.3, -0.25) is 4.79 Å². The van der Waals surface area contributed by atoms with Gasteiger partial charge in [0.1, 0.15) is 0 Å². The lowest BCUT2D eigenvalue weighted by atomic mass is 9.97. The number of hydrogen-bond donors (Lipinski definition) is 1. The summed E-state index contributed by atoms with van der Waals surface area (Å²) in [5.74, 6) is -1.42. The summed E-state index contributed by atoms with van der Waals surface area (Å²) >= 11 is 0.598. The highest BCUT2D eigenvalue weighted by molar-refractivity contribution is 7.89. The predicted octanol–water partition coefficient (Wildman–Crippen LogP) is 2.69. The average Bonchev–Trinajstić information content (AvgIpc) is 3.23. The molecule has 1 aliphatic heterocycles. The lowest BCUT2D eigenvalue weighted by molar-refractivity contribution is -0.120. The molecule has 1 aromatic heterocycles. The summed E-state index contributed by atoms with van der Waals surface area (Å²) in [5.41, 5.74) is 0.253. The first-order chi connectivity index (χ1) is 14.7. The number of benzene rings is 1. The molecule has 168 valence electrons. The summed E-state index contributed by atoms with van der Waals surface area (Å²) in [7, 11) is -3.79. The number of halogens is 2. The number of rotatable bonds is 7. The monoisotopic (exact) mass is 474 g/mol. The van der Waals surface area contributed by atoms with Crippen molar-refractivity contribution >= 4 is 38.4 Å². The maximum absolute atomic E-state index is 12.8. The molecule has 0 bridgehead atoms. The minimum Gasteiger partial charge on any atom is -0.462 e. The Bertz CT molecular complexity index is 1040. The SMILES string of the molecule is CCOC(=O)c1ccc(S(=O)(=O)N2CCC(C(=O)Nc3nnc(C(F)F)s3)CC2)cc1. The second kappa shape index (κ2) is 9.75. The molecular weight excluding hydrogens is 454 g/mol. The van der Waals surface area contributed by atoms with Crippen molar-refractivity contribution in [3.8, 4) is 0 Å². The summed E-state index contributed by atoms with van der Waals surface area (Å²) in [5, 5.41) is 8.78. The summed E-state index contributed by atoms with van der Waals surface area (Å²) in [6.45, 7) is 2.14. The van der Waals surface area contributed by atoms with Crippen molar-refractivity contribution in [3.63, 3.8) is 0 Å². The lowest BCUT2D eigenvalue weighted by Crippen LogP contribution is -2.41. The average molecular weight is 475 g/mol. The van der Waals surface area contributed by atoms with Gasteiger partial charge in [-0.25, -0.2) is 22.0 Å². The smallest absolute Gasteiger partial charge is 0.338 e. The van der Waals surface area contributed by atoms with Gasteiger partial charge in [0.2, 0.25) is 21.1 Å². The number of nitrogens with one attached hydrogen (secondary N) is 1. The van der Waals surface area contributed by atoms with E-state index in [1.165, 1.54) is 28.6 Å². The number of aromatic nitrogens is 2. The Kier molecular flexibility index (Phi) is 7.28. The van der Waals surface area contributed by atoms with E-state index in [9.17, 15) is 26.8 Å². The van der Waals surface area contributed by atoms with Crippen molar-refractivity contribution in [2.45, 2.75) is 31.1 Å². The van der Waals surface area contributed by atoms with E-state index in [4.69, 9.17) is 4.74 Å². The number of sulfonamides is 1. The van der Waals surface area contributed by atoms with Crippen LogP contribution in [0.1, 0.15) is 41.6 Å². The standard InChI is InChI=1S/C18H20F2N4O5S2/c1-2-29-17(26)12-3-5-13(6-4-12)31(27,28)24-9-7-11(8-10-24)15(25)21-18-23-22-16(30-18)14(19)20/h3-6,11,14H,2,7-10H2,1H3,(H,21,23,25). The van der Waals surface area contributed by atoms with Gasteiger partial charge >= 0.3 is 5.97 Å². The topological polar surface area (TPSA) is 119 Å². The minimum atomic E-state index is -3.79. The molecule has 2 aromatic rings. The molecule has 9 nitrogen and oxygen atoms in total. The van der Waals surface area contributed by atoms with Gasteiger partial charge in [0.15, 0.2) is 5.01 Å². The molecule has 0 unspecified atom stereocenters. The highest BCUT2D eigenvalue weighted by Gasteiger charge is 2.32. The van der Waals surface area contributed by atoms with E-state index >= 15 is 0 Å². The van der Waals surface area contributed by atoms with E-state index in [0.29, 0.717) is 11.3 Å². The summed E-state index contributed by atoms with van der Waals surface area (Å²) in [6, 6.07) is 5.47. The Labute approximate surface area is 181 Å². The minimum absolute atomic E-state index is 0.0166. The van der Waals surface area contributed by atoms with Gasteiger partial charge in [0.05, 0.1) is 17.1 Å². The molecule has 0 aliphatic carbocycles. The molecule has 1 aromatic carbocycles. The molecule has 31 heavy (non-hydrogen) atoms. The van der Waals surface area contributed by atoms with Gasteiger partial charge < -0.3 is 10.1 Å². The fraction of sp³-hybridized carbons (Fsp3) is 0.444. The molecule has 1 aliphatic rings. The van der Waals surface area contributed by atoms with Gasteiger partial charge in [-0.2, -0.15) is 4.31 Å². The molecule has 1 fully saturated rings. The van der Waals surface area contributed by atoms with Crippen molar-refractivity contribution in [1.29, 1.82) is 0 Å². The van der Waals surface area contributed by atoms with Crippen molar-refractivity contribution < 1.29 is 31.5 Å². The summed E-state index contributed by atoms with van der Waals surface area (Å²) in [6.07, 6.45) is -2.22. The number of piperidine rings is 1. The zero-order valence-corrected chi connectivity index (χ0v) is 18.1. The molecule has 2 heterocycles. The van der Waals surface area contributed by atoms with Crippen molar-refractivity contribution in [2.24, 2.45) is 5.92 Å². The number of anilines is 1. The Morgan fingerprint density at radius 2 is 1.87 bits per heavy atom. The zero-order chi connectivity index (χ0) is 22.6. The number of ether oxygens (including phenoxy) is 1. The van der Waals surface area contributed by atoms with Crippen LogP contribution < -0.4 is 5.32 Å². The van der Waals surface area contributed by atoms with Crippen LogP contribution in [0.5, 0.6) is 0 Å². The fourth-order valence-corrected chi connectivity index (χ4v) is 5.14. The Balaban J connectivity index is 1.58. The number of alkyl halides is 2. The summed E-state index contributed by atoms with van der Waals surface area (Å²) in [4.78, 5) is 24.1. The largest absolute Gasteiger partial charge is 0.462 e. The first-order valence-electron chi connectivity index (χ1n) is 9.42. The molecular formula is C18H20F2N4O5S2. The third-order valence-corrected chi connectivity index (χ3v) is 7.44. The van der Waals surface area contributed by atoms with Gasteiger partial charge in [0, 0.05) is 19.0 Å². The molecule has 0 radical (unpaired) electrons. The summed E-state index contributed by atoms with van der Waals surface area (Å²) < 4.78 is 57.0. The van der Waals surface area contributed by atoms with Crippen LogP contribution in [-0.2, 0) is 19.6 Å². The van der Waals surface area contributed by atoms with E-state index in [2.05, 4.69) is 15.5 Å². The van der Waals surface area contributed by atoms with Crippen molar-refractivity contribution in [3.05, 3.63) is 34.8 Å². The second-order valence-corrected chi connectivity index (χ2v) is 9.61. The number of esters is 1. The van der Waals surface area contributed by atoms with Gasteiger partial charge in [-0.15, -0.1) is 10.2 Å². The van der Waals surface area contributed by atoms with Crippen molar-refractivity contribution in [1.82, 2.24) is 14.5 Å². The normalized spacial score (nSPS) is 15.7. The van der Waals surface area contributed by atoms with Crippen LogP contribution in [0, 0.1) is 5.92 Å². The number of amides is 1. The maximum Gasteiger partial charge on any atom is 0.338 e. The van der Waals surface area contributed by atoms with E-state index in [0.717, 1.165) is 0 Å². The molecule has 1 N–H and O–H groups in total. The van der Waals surface area contributed by atoms with Crippen molar-refractivity contribution in [2.75, 3.05) is 25.0 Å². The Morgan fingerprint density at radius 1 is 1.23 bits per heavy atom. The highest BCUT2D eigenvalue weighted by atomic mass is 32.2. The van der Waals surface area contributed by atoms with E-state index in [1.54, 1.807) is 6.92 Å². The van der Waals surface area contributed by atoms with Crippen LogP contribution in [0.3, 0.4) is 0 Å². The van der Waals surface area contributed by atoms with E-state index < -0.39 is 39.3 Å². The molecule has 1 amide bonds. The lowest BCUT2D eigenvalue weighted by Gasteiger charge is -2.30.